The Labute approximate surface area is 135 Å². The van der Waals surface area contributed by atoms with Crippen LogP contribution in [0.3, 0.4) is 0 Å². The smallest absolute Gasteiger partial charge is 0.224 e. The minimum atomic E-state index is -0.199. The van der Waals surface area contributed by atoms with Gasteiger partial charge in [-0.05, 0) is 48.9 Å². The molecule has 0 saturated carbocycles. The summed E-state index contributed by atoms with van der Waals surface area (Å²) < 4.78 is 5.05. The second-order valence-electron chi connectivity index (χ2n) is 5.19. The van der Waals surface area contributed by atoms with Gasteiger partial charge in [0.25, 0.3) is 0 Å². The topological polar surface area (TPSA) is 67.4 Å². The summed E-state index contributed by atoms with van der Waals surface area (Å²) >= 11 is 0. The maximum absolute atomic E-state index is 11.9. The number of ether oxygens (including phenoxy) is 1. The first kappa shape index (κ1) is 16.5. The molecule has 0 aromatic heterocycles. The molecule has 0 unspecified atom stereocenters. The van der Waals surface area contributed by atoms with Crippen LogP contribution in [0, 0.1) is 6.92 Å². The van der Waals surface area contributed by atoms with Crippen LogP contribution in [0.4, 0.5) is 11.4 Å². The number of aryl methyl sites for hydroxylation is 1. The van der Waals surface area contributed by atoms with Gasteiger partial charge in [-0.3, -0.25) is 9.59 Å². The molecule has 120 valence electrons. The molecule has 0 aliphatic rings. The Kier molecular flexibility index (Phi) is 5.74. The molecular weight excluding hydrogens is 292 g/mol. The van der Waals surface area contributed by atoms with Gasteiger partial charge in [-0.2, -0.15) is 0 Å². The van der Waals surface area contributed by atoms with Gasteiger partial charge in [0, 0.05) is 24.2 Å². The van der Waals surface area contributed by atoms with Crippen LogP contribution in [-0.2, 0) is 9.59 Å². The van der Waals surface area contributed by atoms with Gasteiger partial charge in [0.1, 0.15) is 5.75 Å². The zero-order chi connectivity index (χ0) is 16.7. The van der Waals surface area contributed by atoms with E-state index in [1.807, 2.05) is 31.2 Å². The number of hydrogen-bond donors (Lipinski definition) is 2. The first-order valence-corrected chi connectivity index (χ1v) is 7.37. The molecule has 2 amide bonds. The van der Waals surface area contributed by atoms with Crippen molar-refractivity contribution < 1.29 is 14.3 Å². The molecule has 2 rings (SSSR count). The van der Waals surface area contributed by atoms with Crippen LogP contribution >= 0.6 is 0 Å². The Bertz CT molecular complexity index is 681. The third-order valence-corrected chi connectivity index (χ3v) is 3.25. The molecule has 2 aromatic carbocycles. The zero-order valence-corrected chi connectivity index (χ0v) is 13.3. The molecule has 0 radical (unpaired) electrons. The predicted molar refractivity (Wildman–Crippen MR) is 90.7 cm³/mol. The second-order valence-corrected chi connectivity index (χ2v) is 5.19. The molecular formula is C18H20N2O3. The van der Waals surface area contributed by atoms with Gasteiger partial charge in [0.15, 0.2) is 0 Å². The number of nitrogens with one attached hydrogen (secondary N) is 2. The normalized spacial score (nSPS) is 10.0. The largest absolute Gasteiger partial charge is 0.497 e. The van der Waals surface area contributed by atoms with Crippen molar-refractivity contribution in [2.45, 2.75) is 19.8 Å². The average Bonchev–Trinajstić information content (AvgIpc) is 2.54. The van der Waals surface area contributed by atoms with Crippen LogP contribution in [0.15, 0.2) is 48.5 Å². The van der Waals surface area contributed by atoms with Crippen molar-refractivity contribution in [3.63, 3.8) is 0 Å². The predicted octanol–water partition coefficient (Wildman–Crippen LogP) is 3.36. The third-order valence-electron chi connectivity index (χ3n) is 3.25. The molecule has 2 aromatic rings. The lowest BCUT2D eigenvalue weighted by Gasteiger charge is -2.07. The van der Waals surface area contributed by atoms with Crippen molar-refractivity contribution in [2.75, 3.05) is 17.7 Å². The van der Waals surface area contributed by atoms with E-state index in [1.165, 1.54) is 0 Å². The fourth-order valence-electron chi connectivity index (χ4n) is 2.07. The molecule has 0 saturated heterocycles. The number of benzene rings is 2. The van der Waals surface area contributed by atoms with Gasteiger partial charge in [-0.25, -0.2) is 0 Å². The fraction of sp³-hybridized carbons (Fsp3) is 0.222. The van der Waals surface area contributed by atoms with E-state index in [2.05, 4.69) is 10.6 Å². The lowest BCUT2D eigenvalue weighted by atomic mass is 10.2. The molecule has 0 spiro atoms. The van der Waals surface area contributed by atoms with E-state index in [0.29, 0.717) is 5.69 Å². The van der Waals surface area contributed by atoms with Gasteiger partial charge in [0.2, 0.25) is 11.8 Å². The molecule has 23 heavy (non-hydrogen) atoms. The number of carbonyl (C=O) groups is 2. The van der Waals surface area contributed by atoms with E-state index in [9.17, 15) is 9.59 Å². The van der Waals surface area contributed by atoms with Crippen molar-refractivity contribution in [1.82, 2.24) is 0 Å². The molecule has 0 aliphatic carbocycles. The highest BCUT2D eigenvalue weighted by atomic mass is 16.5. The van der Waals surface area contributed by atoms with E-state index in [1.54, 1.807) is 31.4 Å². The van der Waals surface area contributed by atoms with Gasteiger partial charge in [0.05, 0.1) is 7.11 Å². The summed E-state index contributed by atoms with van der Waals surface area (Å²) in [4.78, 5) is 23.7. The SMILES string of the molecule is COc1ccc(NC(=O)CCC(=O)Nc2cccc(C)c2)cc1. The molecule has 5 heteroatoms. The van der Waals surface area contributed by atoms with Gasteiger partial charge >= 0.3 is 0 Å². The summed E-state index contributed by atoms with van der Waals surface area (Å²) in [6.07, 6.45) is 0.264. The van der Waals surface area contributed by atoms with E-state index >= 15 is 0 Å². The number of rotatable bonds is 6. The molecule has 0 bridgehead atoms. The minimum absolute atomic E-state index is 0.129. The second kappa shape index (κ2) is 7.98. The van der Waals surface area contributed by atoms with Crippen LogP contribution in [0.2, 0.25) is 0 Å². The standard InChI is InChI=1S/C18H20N2O3/c1-13-4-3-5-15(12-13)20-18(22)11-10-17(21)19-14-6-8-16(23-2)9-7-14/h3-9,12H,10-11H2,1-2H3,(H,19,21)(H,20,22). The Morgan fingerprint density at radius 2 is 1.52 bits per heavy atom. The molecule has 0 aliphatic heterocycles. The summed E-state index contributed by atoms with van der Waals surface area (Å²) in [5.41, 5.74) is 2.49. The van der Waals surface area contributed by atoms with Gasteiger partial charge in [-0.1, -0.05) is 12.1 Å². The highest BCUT2D eigenvalue weighted by Crippen LogP contribution is 2.15. The number of carbonyl (C=O) groups excluding carboxylic acids is 2. The number of anilines is 2. The Hall–Kier alpha value is -2.82. The van der Waals surface area contributed by atoms with Crippen molar-refractivity contribution in [3.05, 3.63) is 54.1 Å². The van der Waals surface area contributed by atoms with Gasteiger partial charge < -0.3 is 15.4 Å². The molecule has 5 nitrogen and oxygen atoms in total. The van der Waals surface area contributed by atoms with Crippen molar-refractivity contribution in [1.29, 1.82) is 0 Å². The van der Waals surface area contributed by atoms with Gasteiger partial charge in [-0.15, -0.1) is 0 Å². The van der Waals surface area contributed by atoms with Crippen LogP contribution in [0.1, 0.15) is 18.4 Å². The maximum Gasteiger partial charge on any atom is 0.224 e. The van der Waals surface area contributed by atoms with Crippen LogP contribution in [0.25, 0.3) is 0 Å². The molecule has 0 heterocycles. The van der Waals surface area contributed by atoms with Crippen LogP contribution < -0.4 is 15.4 Å². The maximum atomic E-state index is 11.9. The monoisotopic (exact) mass is 312 g/mol. The first-order chi connectivity index (χ1) is 11.1. The molecule has 0 atom stereocenters. The lowest BCUT2D eigenvalue weighted by Crippen LogP contribution is -2.17. The van der Waals surface area contributed by atoms with E-state index in [4.69, 9.17) is 4.74 Å². The summed E-state index contributed by atoms with van der Waals surface area (Å²) in [5.74, 6) is 0.343. The van der Waals surface area contributed by atoms with Crippen LogP contribution in [-0.4, -0.2) is 18.9 Å². The van der Waals surface area contributed by atoms with Crippen molar-refractivity contribution in [3.8, 4) is 5.75 Å². The number of methoxy groups -OCH3 is 1. The molecule has 0 fully saturated rings. The quantitative estimate of drug-likeness (QED) is 0.859. The lowest BCUT2D eigenvalue weighted by molar-refractivity contribution is -0.121. The highest BCUT2D eigenvalue weighted by molar-refractivity contribution is 5.96. The van der Waals surface area contributed by atoms with Crippen LogP contribution in [0.5, 0.6) is 5.75 Å². The third kappa shape index (κ3) is 5.47. The number of hydrogen-bond acceptors (Lipinski definition) is 3. The molecule has 2 N–H and O–H groups in total. The Morgan fingerprint density at radius 1 is 0.913 bits per heavy atom. The Morgan fingerprint density at radius 3 is 2.09 bits per heavy atom. The average molecular weight is 312 g/mol. The summed E-state index contributed by atoms with van der Waals surface area (Å²) in [6.45, 7) is 1.96. The van der Waals surface area contributed by atoms with E-state index in [-0.39, 0.29) is 24.7 Å². The number of amides is 2. The Balaban J connectivity index is 1.78. The summed E-state index contributed by atoms with van der Waals surface area (Å²) in [7, 11) is 1.58. The summed E-state index contributed by atoms with van der Waals surface area (Å²) in [6, 6.07) is 14.6. The van der Waals surface area contributed by atoms with E-state index in [0.717, 1.165) is 17.0 Å². The first-order valence-electron chi connectivity index (χ1n) is 7.37. The van der Waals surface area contributed by atoms with Crippen molar-refractivity contribution in [2.24, 2.45) is 0 Å². The van der Waals surface area contributed by atoms with E-state index < -0.39 is 0 Å². The minimum Gasteiger partial charge on any atom is -0.497 e. The fourth-order valence-corrected chi connectivity index (χ4v) is 2.07. The van der Waals surface area contributed by atoms with Crippen molar-refractivity contribution >= 4 is 23.2 Å². The highest BCUT2D eigenvalue weighted by Gasteiger charge is 2.08. The zero-order valence-electron chi connectivity index (χ0n) is 13.3. The summed E-state index contributed by atoms with van der Waals surface area (Å²) in [5, 5.41) is 5.53.